The predicted octanol–water partition coefficient (Wildman–Crippen LogP) is 0.852. The van der Waals surface area contributed by atoms with E-state index in [1.165, 1.54) is 0 Å². The Morgan fingerprint density at radius 1 is 1.42 bits per heavy atom. The van der Waals surface area contributed by atoms with Gasteiger partial charge in [0.15, 0.2) is 0 Å². The zero-order chi connectivity index (χ0) is 13.7. The molecule has 0 saturated carbocycles. The summed E-state index contributed by atoms with van der Waals surface area (Å²) >= 11 is 0. The molecule has 19 heavy (non-hydrogen) atoms. The standard InChI is InChI=1S/C14H21N3O2/c1-16-10-11-3-2-4-12(9-11)17-13(18)14(15)5-7-19-8-6-14/h2-4,9,16H,5-8,10,15H2,1H3,(H,17,18). The first-order chi connectivity index (χ1) is 9.14. The lowest BCUT2D eigenvalue weighted by Gasteiger charge is -2.31. The van der Waals surface area contributed by atoms with Gasteiger partial charge in [0.1, 0.15) is 5.54 Å². The van der Waals surface area contributed by atoms with E-state index < -0.39 is 5.54 Å². The quantitative estimate of drug-likeness (QED) is 0.753. The van der Waals surface area contributed by atoms with Gasteiger partial charge < -0.3 is 21.1 Å². The van der Waals surface area contributed by atoms with Crippen LogP contribution in [-0.4, -0.2) is 31.7 Å². The maximum atomic E-state index is 12.3. The number of hydrogen-bond donors (Lipinski definition) is 3. The number of nitrogens with two attached hydrogens (primary N) is 1. The Bertz CT molecular complexity index is 442. The summed E-state index contributed by atoms with van der Waals surface area (Å²) in [7, 11) is 1.89. The molecule has 0 spiro atoms. The second kappa shape index (κ2) is 6.14. The van der Waals surface area contributed by atoms with Crippen molar-refractivity contribution in [2.24, 2.45) is 5.73 Å². The summed E-state index contributed by atoms with van der Waals surface area (Å²) in [6.07, 6.45) is 1.13. The van der Waals surface area contributed by atoms with Gasteiger partial charge >= 0.3 is 0 Å². The van der Waals surface area contributed by atoms with E-state index in [2.05, 4.69) is 10.6 Å². The topological polar surface area (TPSA) is 76.4 Å². The number of carbonyl (C=O) groups is 1. The molecule has 0 atom stereocenters. The normalized spacial score (nSPS) is 18.0. The van der Waals surface area contributed by atoms with Gasteiger partial charge in [0.05, 0.1) is 0 Å². The van der Waals surface area contributed by atoms with E-state index in [0.717, 1.165) is 17.8 Å². The zero-order valence-corrected chi connectivity index (χ0v) is 11.2. The van der Waals surface area contributed by atoms with E-state index in [0.29, 0.717) is 26.1 Å². The Labute approximate surface area is 113 Å². The van der Waals surface area contributed by atoms with Crippen LogP contribution in [0.1, 0.15) is 18.4 Å². The second-order valence-corrected chi connectivity index (χ2v) is 4.95. The molecule has 0 radical (unpaired) electrons. The van der Waals surface area contributed by atoms with Crippen LogP contribution in [0.3, 0.4) is 0 Å². The van der Waals surface area contributed by atoms with Crippen LogP contribution in [0.25, 0.3) is 0 Å². The van der Waals surface area contributed by atoms with Crippen LogP contribution in [0.15, 0.2) is 24.3 Å². The minimum atomic E-state index is -0.808. The molecule has 0 aliphatic carbocycles. The maximum Gasteiger partial charge on any atom is 0.244 e. The molecular formula is C14H21N3O2. The van der Waals surface area contributed by atoms with Crippen molar-refractivity contribution >= 4 is 11.6 Å². The smallest absolute Gasteiger partial charge is 0.244 e. The zero-order valence-electron chi connectivity index (χ0n) is 11.2. The highest BCUT2D eigenvalue weighted by Gasteiger charge is 2.35. The molecule has 5 nitrogen and oxygen atoms in total. The summed E-state index contributed by atoms with van der Waals surface area (Å²) < 4.78 is 5.25. The van der Waals surface area contributed by atoms with Gasteiger partial charge in [-0.2, -0.15) is 0 Å². The molecule has 1 aromatic rings. The Morgan fingerprint density at radius 2 is 2.16 bits per heavy atom. The van der Waals surface area contributed by atoms with Crippen molar-refractivity contribution in [2.75, 3.05) is 25.6 Å². The molecule has 1 aliphatic heterocycles. The molecule has 0 aromatic heterocycles. The van der Waals surface area contributed by atoms with Crippen LogP contribution >= 0.6 is 0 Å². The number of hydrogen-bond acceptors (Lipinski definition) is 4. The average molecular weight is 263 g/mol. The summed E-state index contributed by atoms with van der Waals surface area (Å²) in [5.41, 5.74) is 7.24. The van der Waals surface area contributed by atoms with Gasteiger partial charge in [-0.3, -0.25) is 4.79 Å². The van der Waals surface area contributed by atoms with Crippen LogP contribution in [0.2, 0.25) is 0 Å². The molecule has 0 bridgehead atoms. The lowest BCUT2D eigenvalue weighted by atomic mass is 9.90. The Morgan fingerprint density at radius 3 is 2.84 bits per heavy atom. The first-order valence-electron chi connectivity index (χ1n) is 6.56. The lowest BCUT2D eigenvalue weighted by Crippen LogP contribution is -2.54. The fourth-order valence-electron chi connectivity index (χ4n) is 2.18. The van der Waals surface area contributed by atoms with Crippen molar-refractivity contribution in [3.8, 4) is 0 Å². The molecule has 1 fully saturated rings. The molecular weight excluding hydrogens is 242 g/mol. The molecule has 1 aliphatic rings. The largest absolute Gasteiger partial charge is 0.381 e. The Kier molecular flexibility index (Phi) is 4.52. The van der Waals surface area contributed by atoms with Gasteiger partial charge in [-0.05, 0) is 37.6 Å². The summed E-state index contributed by atoms with van der Waals surface area (Å²) in [5, 5.41) is 5.99. The number of benzene rings is 1. The Balaban J connectivity index is 2.03. The third-order valence-electron chi connectivity index (χ3n) is 3.40. The number of ether oxygens (including phenoxy) is 1. The van der Waals surface area contributed by atoms with Crippen LogP contribution in [0, 0.1) is 0 Å². The van der Waals surface area contributed by atoms with Gasteiger partial charge in [0.25, 0.3) is 0 Å². The van der Waals surface area contributed by atoms with E-state index in [1.54, 1.807) is 0 Å². The predicted molar refractivity (Wildman–Crippen MR) is 74.8 cm³/mol. The number of amides is 1. The third kappa shape index (κ3) is 3.53. The molecule has 1 saturated heterocycles. The van der Waals surface area contributed by atoms with E-state index in [9.17, 15) is 4.79 Å². The average Bonchev–Trinajstić information content (AvgIpc) is 2.40. The fourth-order valence-corrected chi connectivity index (χ4v) is 2.18. The molecule has 104 valence electrons. The van der Waals surface area contributed by atoms with E-state index in [-0.39, 0.29) is 5.91 Å². The SMILES string of the molecule is CNCc1cccc(NC(=O)C2(N)CCOCC2)c1. The number of nitrogens with one attached hydrogen (secondary N) is 2. The second-order valence-electron chi connectivity index (χ2n) is 4.95. The molecule has 1 heterocycles. The first kappa shape index (κ1) is 14.0. The molecule has 2 rings (SSSR count). The number of anilines is 1. The highest BCUT2D eigenvalue weighted by molar-refractivity contribution is 5.98. The van der Waals surface area contributed by atoms with Crippen LogP contribution in [0.4, 0.5) is 5.69 Å². The van der Waals surface area contributed by atoms with Crippen molar-refractivity contribution in [3.05, 3.63) is 29.8 Å². The maximum absolute atomic E-state index is 12.3. The number of carbonyl (C=O) groups excluding carboxylic acids is 1. The molecule has 0 unspecified atom stereocenters. The highest BCUT2D eigenvalue weighted by atomic mass is 16.5. The molecule has 1 amide bonds. The monoisotopic (exact) mass is 263 g/mol. The van der Waals surface area contributed by atoms with Crippen molar-refractivity contribution in [1.82, 2.24) is 5.32 Å². The van der Waals surface area contributed by atoms with E-state index in [4.69, 9.17) is 10.5 Å². The van der Waals surface area contributed by atoms with E-state index >= 15 is 0 Å². The molecule has 4 N–H and O–H groups in total. The summed E-state index contributed by atoms with van der Waals surface area (Å²) in [6.45, 7) is 1.86. The van der Waals surface area contributed by atoms with Crippen LogP contribution in [0.5, 0.6) is 0 Å². The minimum Gasteiger partial charge on any atom is -0.381 e. The summed E-state index contributed by atoms with van der Waals surface area (Å²) in [4.78, 5) is 12.3. The first-order valence-corrected chi connectivity index (χ1v) is 6.56. The molecule has 1 aromatic carbocycles. The van der Waals surface area contributed by atoms with E-state index in [1.807, 2.05) is 31.3 Å². The van der Waals surface area contributed by atoms with Crippen molar-refractivity contribution in [2.45, 2.75) is 24.9 Å². The van der Waals surface area contributed by atoms with Gasteiger partial charge in [0, 0.05) is 25.4 Å². The lowest BCUT2D eigenvalue weighted by molar-refractivity contribution is -0.124. The summed E-state index contributed by atoms with van der Waals surface area (Å²) in [5.74, 6) is -0.127. The van der Waals surface area contributed by atoms with Gasteiger partial charge in [-0.25, -0.2) is 0 Å². The van der Waals surface area contributed by atoms with Crippen molar-refractivity contribution in [3.63, 3.8) is 0 Å². The highest BCUT2D eigenvalue weighted by Crippen LogP contribution is 2.20. The van der Waals surface area contributed by atoms with Gasteiger partial charge in [-0.1, -0.05) is 12.1 Å². The van der Waals surface area contributed by atoms with Gasteiger partial charge in [0.2, 0.25) is 5.91 Å². The fraction of sp³-hybridized carbons (Fsp3) is 0.500. The number of rotatable bonds is 4. The van der Waals surface area contributed by atoms with Crippen molar-refractivity contribution in [1.29, 1.82) is 0 Å². The van der Waals surface area contributed by atoms with Crippen LogP contribution < -0.4 is 16.4 Å². The van der Waals surface area contributed by atoms with Crippen molar-refractivity contribution < 1.29 is 9.53 Å². The van der Waals surface area contributed by atoms with Crippen LogP contribution in [-0.2, 0) is 16.1 Å². The summed E-state index contributed by atoms with van der Waals surface area (Å²) in [6, 6.07) is 7.77. The minimum absolute atomic E-state index is 0.127. The molecule has 5 heteroatoms. The Hall–Kier alpha value is -1.43. The third-order valence-corrected chi connectivity index (χ3v) is 3.40. The van der Waals surface area contributed by atoms with Gasteiger partial charge in [-0.15, -0.1) is 0 Å².